The maximum Gasteiger partial charge on any atom is 0.269 e. The van der Waals surface area contributed by atoms with E-state index in [2.05, 4.69) is 15.6 Å². The molecule has 0 atom stereocenters. The number of non-ortho nitro benzene ring substituents is 1. The van der Waals surface area contributed by atoms with E-state index in [1.54, 1.807) is 16.8 Å². The van der Waals surface area contributed by atoms with Crippen LogP contribution in [0.15, 0.2) is 30.5 Å². The normalized spacial score (nSPS) is 10.5. The average Bonchev–Trinajstić information content (AvgIpc) is 2.78. The molecule has 2 aromatic rings. The highest BCUT2D eigenvalue weighted by molar-refractivity contribution is 5.32. The molecule has 0 fully saturated rings. The fourth-order valence-electron chi connectivity index (χ4n) is 1.59. The zero-order valence-electron chi connectivity index (χ0n) is 9.91. The summed E-state index contributed by atoms with van der Waals surface area (Å²) in [5.41, 5.74) is 1.90. The average molecular weight is 247 g/mol. The molecule has 0 spiro atoms. The van der Waals surface area contributed by atoms with E-state index in [9.17, 15) is 10.1 Å². The van der Waals surface area contributed by atoms with Crippen LogP contribution in [0.4, 0.5) is 5.69 Å². The molecule has 1 heterocycles. The largest absolute Gasteiger partial charge is 0.314 e. The van der Waals surface area contributed by atoms with Gasteiger partial charge < -0.3 is 5.32 Å². The van der Waals surface area contributed by atoms with Crippen molar-refractivity contribution in [3.05, 3.63) is 51.8 Å². The van der Waals surface area contributed by atoms with Gasteiger partial charge in [-0.05, 0) is 12.6 Å². The Balaban J connectivity index is 2.06. The van der Waals surface area contributed by atoms with Crippen molar-refractivity contribution in [3.63, 3.8) is 0 Å². The predicted octanol–water partition coefficient (Wildman–Crippen LogP) is 0.954. The van der Waals surface area contributed by atoms with Crippen LogP contribution in [0.2, 0.25) is 0 Å². The topological polar surface area (TPSA) is 85.9 Å². The summed E-state index contributed by atoms with van der Waals surface area (Å²) in [5, 5.41) is 21.5. The second-order valence-corrected chi connectivity index (χ2v) is 3.86. The fraction of sp³-hybridized carbons (Fsp3) is 0.273. The van der Waals surface area contributed by atoms with E-state index < -0.39 is 4.92 Å². The van der Waals surface area contributed by atoms with Gasteiger partial charge >= 0.3 is 0 Å². The summed E-state index contributed by atoms with van der Waals surface area (Å²) in [5.74, 6) is 0. The van der Waals surface area contributed by atoms with Crippen molar-refractivity contribution in [2.45, 2.75) is 13.1 Å². The maximum atomic E-state index is 10.5. The van der Waals surface area contributed by atoms with Gasteiger partial charge in [-0.3, -0.25) is 10.1 Å². The standard InChI is InChI=1S/C11H13N5O2/c1-12-6-10-8-15(14-13-10)7-9-2-4-11(5-3-9)16(17)18/h2-5,8,12H,6-7H2,1H3. The van der Waals surface area contributed by atoms with E-state index in [0.717, 1.165) is 11.3 Å². The van der Waals surface area contributed by atoms with Crippen molar-refractivity contribution in [2.75, 3.05) is 7.05 Å². The third kappa shape index (κ3) is 2.89. The van der Waals surface area contributed by atoms with Crippen molar-refractivity contribution >= 4 is 5.69 Å². The highest BCUT2D eigenvalue weighted by atomic mass is 16.6. The van der Waals surface area contributed by atoms with Crippen LogP contribution < -0.4 is 5.32 Å². The van der Waals surface area contributed by atoms with Crippen LogP contribution in [-0.2, 0) is 13.1 Å². The number of rotatable bonds is 5. The highest BCUT2D eigenvalue weighted by Crippen LogP contribution is 2.12. The van der Waals surface area contributed by atoms with Crippen LogP contribution in [0, 0.1) is 10.1 Å². The summed E-state index contributed by atoms with van der Waals surface area (Å²) in [7, 11) is 1.84. The molecule has 0 saturated heterocycles. The molecule has 0 unspecified atom stereocenters. The van der Waals surface area contributed by atoms with Crippen molar-refractivity contribution in [2.24, 2.45) is 0 Å². The van der Waals surface area contributed by atoms with Gasteiger partial charge in [-0.1, -0.05) is 17.3 Å². The lowest BCUT2D eigenvalue weighted by molar-refractivity contribution is -0.384. The predicted molar refractivity (Wildman–Crippen MR) is 65.0 cm³/mol. The third-order valence-electron chi connectivity index (χ3n) is 2.44. The number of hydrogen-bond acceptors (Lipinski definition) is 5. The van der Waals surface area contributed by atoms with Crippen LogP contribution in [0.3, 0.4) is 0 Å². The lowest BCUT2D eigenvalue weighted by Crippen LogP contribution is -2.05. The summed E-state index contributed by atoms with van der Waals surface area (Å²) in [6.45, 7) is 1.22. The van der Waals surface area contributed by atoms with E-state index in [4.69, 9.17) is 0 Å². The summed E-state index contributed by atoms with van der Waals surface area (Å²) < 4.78 is 1.70. The number of nitro groups is 1. The highest BCUT2D eigenvalue weighted by Gasteiger charge is 2.05. The lowest BCUT2D eigenvalue weighted by Gasteiger charge is -2.00. The zero-order chi connectivity index (χ0) is 13.0. The molecule has 94 valence electrons. The molecular weight excluding hydrogens is 234 g/mol. The van der Waals surface area contributed by atoms with Crippen molar-refractivity contribution in [1.82, 2.24) is 20.3 Å². The molecular formula is C11H13N5O2. The molecule has 7 nitrogen and oxygen atoms in total. The maximum absolute atomic E-state index is 10.5. The smallest absolute Gasteiger partial charge is 0.269 e. The second kappa shape index (κ2) is 5.37. The number of nitro benzene ring substituents is 1. The van der Waals surface area contributed by atoms with Gasteiger partial charge in [-0.2, -0.15) is 0 Å². The van der Waals surface area contributed by atoms with Crippen molar-refractivity contribution in [1.29, 1.82) is 0 Å². The monoisotopic (exact) mass is 247 g/mol. The number of hydrogen-bond donors (Lipinski definition) is 1. The summed E-state index contributed by atoms with van der Waals surface area (Å²) in [4.78, 5) is 10.1. The van der Waals surface area contributed by atoms with Gasteiger partial charge in [0, 0.05) is 18.7 Å². The van der Waals surface area contributed by atoms with Crippen LogP contribution in [0.1, 0.15) is 11.3 Å². The third-order valence-corrected chi connectivity index (χ3v) is 2.44. The molecule has 7 heteroatoms. The number of nitrogens with one attached hydrogen (secondary N) is 1. The summed E-state index contributed by atoms with van der Waals surface area (Å²) in [6.07, 6.45) is 1.85. The van der Waals surface area contributed by atoms with Gasteiger partial charge in [-0.25, -0.2) is 4.68 Å². The minimum absolute atomic E-state index is 0.0909. The van der Waals surface area contributed by atoms with Gasteiger partial charge in [0.2, 0.25) is 0 Å². The molecule has 1 aromatic carbocycles. The second-order valence-electron chi connectivity index (χ2n) is 3.86. The van der Waals surface area contributed by atoms with Gasteiger partial charge in [0.05, 0.1) is 23.4 Å². The molecule has 2 rings (SSSR count). The number of nitrogens with zero attached hydrogens (tertiary/aromatic N) is 4. The zero-order valence-corrected chi connectivity index (χ0v) is 9.91. The van der Waals surface area contributed by atoms with Gasteiger partial charge in [0.25, 0.3) is 5.69 Å². The molecule has 0 amide bonds. The van der Waals surface area contributed by atoms with Crippen LogP contribution in [0.25, 0.3) is 0 Å². The molecule has 0 saturated carbocycles. The van der Waals surface area contributed by atoms with E-state index in [1.165, 1.54) is 12.1 Å². The van der Waals surface area contributed by atoms with Gasteiger partial charge in [0.1, 0.15) is 0 Å². The molecule has 0 aliphatic rings. The Morgan fingerprint density at radius 3 is 2.72 bits per heavy atom. The van der Waals surface area contributed by atoms with Crippen molar-refractivity contribution in [3.8, 4) is 0 Å². The first-order valence-electron chi connectivity index (χ1n) is 5.46. The van der Waals surface area contributed by atoms with E-state index in [0.29, 0.717) is 13.1 Å². The molecule has 1 aromatic heterocycles. The van der Waals surface area contributed by atoms with Crippen LogP contribution in [-0.4, -0.2) is 27.0 Å². The summed E-state index contributed by atoms with van der Waals surface area (Å²) >= 11 is 0. The molecule has 18 heavy (non-hydrogen) atoms. The van der Waals surface area contributed by atoms with Crippen LogP contribution in [0.5, 0.6) is 0 Å². The first kappa shape index (κ1) is 12.2. The minimum Gasteiger partial charge on any atom is -0.314 e. The lowest BCUT2D eigenvalue weighted by atomic mass is 10.2. The van der Waals surface area contributed by atoms with Crippen molar-refractivity contribution < 1.29 is 4.92 Å². The Morgan fingerprint density at radius 1 is 1.39 bits per heavy atom. The first-order valence-corrected chi connectivity index (χ1v) is 5.46. The quantitative estimate of drug-likeness (QED) is 0.628. The molecule has 0 radical (unpaired) electrons. The molecule has 0 aliphatic carbocycles. The van der Waals surface area contributed by atoms with E-state index >= 15 is 0 Å². The number of aromatic nitrogens is 3. The number of benzene rings is 1. The minimum atomic E-state index is -0.412. The first-order chi connectivity index (χ1) is 8.69. The van der Waals surface area contributed by atoms with Gasteiger partial charge in [-0.15, -0.1) is 5.10 Å². The Bertz CT molecular complexity index is 535. The Morgan fingerprint density at radius 2 is 2.11 bits per heavy atom. The van der Waals surface area contributed by atoms with E-state index in [-0.39, 0.29) is 5.69 Å². The Hall–Kier alpha value is -2.28. The molecule has 0 bridgehead atoms. The Kier molecular flexibility index (Phi) is 3.63. The van der Waals surface area contributed by atoms with Crippen LogP contribution >= 0.6 is 0 Å². The SMILES string of the molecule is CNCc1cn(Cc2ccc([N+](=O)[O-])cc2)nn1. The van der Waals surface area contributed by atoms with E-state index in [1.807, 2.05) is 13.2 Å². The van der Waals surface area contributed by atoms with Gasteiger partial charge in [0.15, 0.2) is 0 Å². The molecule has 0 aliphatic heterocycles. The Labute approximate surface area is 104 Å². The molecule has 1 N–H and O–H groups in total. The summed E-state index contributed by atoms with van der Waals surface area (Å²) in [6, 6.07) is 6.41. The fourth-order valence-corrected chi connectivity index (χ4v) is 1.59.